The van der Waals surface area contributed by atoms with E-state index in [1.807, 2.05) is 11.0 Å². The highest BCUT2D eigenvalue weighted by molar-refractivity contribution is 9.10. The van der Waals surface area contributed by atoms with E-state index in [0.29, 0.717) is 10.6 Å². The standard InChI is InChI=1S/C14H18BrClN2O/c1-10-9-17(2)6-3-7-18(10)14(19)12-8-11(15)4-5-13(12)16/h4-5,8,10H,3,6-7,9H2,1-2H3. The van der Waals surface area contributed by atoms with Gasteiger partial charge in [0.15, 0.2) is 0 Å². The second-order valence-corrected chi connectivity index (χ2v) is 6.41. The molecule has 0 saturated carbocycles. The van der Waals surface area contributed by atoms with Crippen LogP contribution in [0.1, 0.15) is 23.7 Å². The summed E-state index contributed by atoms with van der Waals surface area (Å²) in [7, 11) is 2.09. The Hall–Kier alpha value is -0.580. The van der Waals surface area contributed by atoms with E-state index >= 15 is 0 Å². The van der Waals surface area contributed by atoms with Crippen molar-refractivity contribution in [2.45, 2.75) is 19.4 Å². The quantitative estimate of drug-likeness (QED) is 0.780. The summed E-state index contributed by atoms with van der Waals surface area (Å²) >= 11 is 9.54. The van der Waals surface area contributed by atoms with Crippen molar-refractivity contribution in [3.05, 3.63) is 33.3 Å². The molecule has 1 atom stereocenters. The van der Waals surface area contributed by atoms with Crippen LogP contribution in [0.2, 0.25) is 5.02 Å². The minimum absolute atomic E-state index is 0.0223. The van der Waals surface area contributed by atoms with Crippen molar-refractivity contribution in [2.24, 2.45) is 0 Å². The fourth-order valence-electron chi connectivity index (χ4n) is 2.49. The van der Waals surface area contributed by atoms with Crippen LogP contribution in [0.3, 0.4) is 0 Å². The number of halogens is 2. The van der Waals surface area contributed by atoms with Crippen LogP contribution in [0.25, 0.3) is 0 Å². The summed E-state index contributed by atoms with van der Waals surface area (Å²) in [5.41, 5.74) is 0.576. The van der Waals surface area contributed by atoms with Gasteiger partial charge in [0, 0.05) is 23.6 Å². The third-order valence-corrected chi connectivity index (χ3v) is 4.29. The molecular formula is C14H18BrClN2O. The first-order valence-corrected chi connectivity index (χ1v) is 7.60. The Morgan fingerprint density at radius 1 is 1.42 bits per heavy atom. The molecule has 2 rings (SSSR count). The fourth-order valence-corrected chi connectivity index (χ4v) is 3.05. The molecule has 1 aromatic carbocycles. The molecule has 1 unspecified atom stereocenters. The minimum atomic E-state index is 0.0223. The lowest BCUT2D eigenvalue weighted by Crippen LogP contribution is -2.42. The molecule has 3 nitrogen and oxygen atoms in total. The summed E-state index contributed by atoms with van der Waals surface area (Å²) in [6.45, 7) is 4.80. The second-order valence-electron chi connectivity index (χ2n) is 5.09. The molecule has 1 heterocycles. The van der Waals surface area contributed by atoms with Gasteiger partial charge in [-0.2, -0.15) is 0 Å². The summed E-state index contributed by atoms with van der Waals surface area (Å²) in [5.74, 6) is 0.0223. The molecule has 0 bridgehead atoms. The molecule has 5 heteroatoms. The van der Waals surface area contributed by atoms with Gasteiger partial charge in [0.2, 0.25) is 0 Å². The van der Waals surface area contributed by atoms with Crippen molar-refractivity contribution in [2.75, 3.05) is 26.7 Å². The first kappa shape index (κ1) is 14.8. The average molecular weight is 346 g/mol. The lowest BCUT2D eigenvalue weighted by atomic mass is 10.1. The number of likely N-dealkylation sites (N-methyl/N-ethyl adjacent to an activating group) is 1. The van der Waals surface area contributed by atoms with Gasteiger partial charge in [-0.05, 0) is 45.1 Å². The topological polar surface area (TPSA) is 23.6 Å². The normalized spacial score (nSPS) is 21.3. The zero-order valence-corrected chi connectivity index (χ0v) is 13.5. The summed E-state index contributed by atoms with van der Waals surface area (Å²) in [5, 5.41) is 0.512. The number of amides is 1. The van der Waals surface area contributed by atoms with Crippen LogP contribution < -0.4 is 0 Å². The minimum Gasteiger partial charge on any atom is -0.335 e. The molecule has 1 aliphatic heterocycles. The monoisotopic (exact) mass is 344 g/mol. The highest BCUT2D eigenvalue weighted by Crippen LogP contribution is 2.24. The van der Waals surface area contributed by atoms with Crippen LogP contribution in [0.5, 0.6) is 0 Å². The first-order valence-electron chi connectivity index (χ1n) is 6.43. The lowest BCUT2D eigenvalue weighted by Gasteiger charge is -2.28. The fraction of sp³-hybridized carbons (Fsp3) is 0.500. The number of benzene rings is 1. The van der Waals surface area contributed by atoms with Gasteiger partial charge >= 0.3 is 0 Å². The van der Waals surface area contributed by atoms with Crippen molar-refractivity contribution in [1.29, 1.82) is 0 Å². The van der Waals surface area contributed by atoms with Crippen molar-refractivity contribution >= 4 is 33.4 Å². The zero-order valence-electron chi connectivity index (χ0n) is 11.2. The van der Waals surface area contributed by atoms with Crippen molar-refractivity contribution in [1.82, 2.24) is 9.80 Å². The third kappa shape index (κ3) is 3.50. The molecule has 0 spiro atoms. The predicted molar refractivity (Wildman–Crippen MR) is 81.8 cm³/mol. The van der Waals surface area contributed by atoms with E-state index in [4.69, 9.17) is 11.6 Å². The molecule has 1 saturated heterocycles. The van der Waals surface area contributed by atoms with E-state index in [2.05, 4.69) is 34.8 Å². The Morgan fingerprint density at radius 2 is 2.16 bits per heavy atom. The highest BCUT2D eigenvalue weighted by Gasteiger charge is 2.26. The number of hydrogen-bond acceptors (Lipinski definition) is 2. The molecular weight excluding hydrogens is 328 g/mol. The van der Waals surface area contributed by atoms with E-state index in [9.17, 15) is 4.79 Å². The maximum Gasteiger partial charge on any atom is 0.255 e. The molecule has 0 aromatic heterocycles. The average Bonchev–Trinajstić information content (AvgIpc) is 2.52. The number of carbonyl (C=O) groups is 1. The molecule has 0 aliphatic carbocycles. The van der Waals surface area contributed by atoms with Gasteiger partial charge in [-0.3, -0.25) is 4.79 Å². The Bertz CT molecular complexity index is 481. The van der Waals surface area contributed by atoms with Crippen LogP contribution in [0, 0.1) is 0 Å². The Morgan fingerprint density at radius 3 is 2.89 bits per heavy atom. The number of rotatable bonds is 1. The predicted octanol–water partition coefficient (Wildman–Crippen LogP) is 3.27. The van der Waals surface area contributed by atoms with Crippen molar-refractivity contribution < 1.29 is 4.79 Å². The van der Waals surface area contributed by atoms with Gasteiger partial charge in [0.05, 0.1) is 10.6 Å². The molecule has 1 fully saturated rings. The van der Waals surface area contributed by atoms with Crippen molar-refractivity contribution in [3.8, 4) is 0 Å². The van der Waals surface area contributed by atoms with Gasteiger partial charge in [0.1, 0.15) is 0 Å². The lowest BCUT2D eigenvalue weighted by molar-refractivity contribution is 0.0696. The third-order valence-electron chi connectivity index (χ3n) is 3.47. The summed E-state index contributed by atoms with van der Waals surface area (Å²) in [4.78, 5) is 16.8. The van der Waals surface area contributed by atoms with Gasteiger partial charge in [-0.15, -0.1) is 0 Å². The van der Waals surface area contributed by atoms with E-state index in [-0.39, 0.29) is 11.9 Å². The van der Waals surface area contributed by atoms with Crippen LogP contribution >= 0.6 is 27.5 Å². The molecule has 1 amide bonds. The molecule has 104 valence electrons. The number of carbonyl (C=O) groups excluding carboxylic acids is 1. The van der Waals surface area contributed by atoms with E-state index in [1.54, 1.807) is 12.1 Å². The molecule has 0 N–H and O–H groups in total. The van der Waals surface area contributed by atoms with Crippen LogP contribution in [-0.4, -0.2) is 48.4 Å². The maximum absolute atomic E-state index is 12.6. The van der Waals surface area contributed by atoms with E-state index < -0.39 is 0 Å². The summed E-state index contributed by atoms with van der Waals surface area (Å²) in [6.07, 6.45) is 0.998. The summed E-state index contributed by atoms with van der Waals surface area (Å²) in [6, 6.07) is 5.60. The van der Waals surface area contributed by atoms with E-state index in [1.165, 1.54) is 0 Å². The summed E-state index contributed by atoms with van der Waals surface area (Å²) < 4.78 is 0.875. The number of hydrogen-bond donors (Lipinski definition) is 0. The maximum atomic E-state index is 12.6. The van der Waals surface area contributed by atoms with Gasteiger partial charge in [0.25, 0.3) is 5.91 Å². The Balaban J connectivity index is 2.25. The second kappa shape index (κ2) is 6.25. The zero-order chi connectivity index (χ0) is 14.0. The molecule has 1 aromatic rings. The van der Waals surface area contributed by atoms with Crippen LogP contribution in [0.4, 0.5) is 0 Å². The Kier molecular flexibility index (Phi) is 4.87. The molecule has 0 radical (unpaired) electrons. The largest absolute Gasteiger partial charge is 0.335 e. The highest BCUT2D eigenvalue weighted by atomic mass is 79.9. The number of nitrogens with zero attached hydrogens (tertiary/aromatic N) is 2. The van der Waals surface area contributed by atoms with Crippen LogP contribution in [-0.2, 0) is 0 Å². The Labute approximate surface area is 127 Å². The van der Waals surface area contributed by atoms with Crippen LogP contribution in [0.15, 0.2) is 22.7 Å². The first-order chi connectivity index (χ1) is 8.99. The SMILES string of the molecule is CC1CN(C)CCCN1C(=O)c1cc(Br)ccc1Cl. The van der Waals surface area contributed by atoms with Gasteiger partial charge < -0.3 is 9.80 Å². The van der Waals surface area contributed by atoms with Gasteiger partial charge in [-0.1, -0.05) is 27.5 Å². The van der Waals surface area contributed by atoms with E-state index in [0.717, 1.165) is 30.5 Å². The van der Waals surface area contributed by atoms with Gasteiger partial charge in [-0.25, -0.2) is 0 Å². The smallest absolute Gasteiger partial charge is 0.255 e. The molecule has 1 aliphatic rings. The van der Waals surface area contributed by atoms with Crippen molar-refractivity contribution in [3.63, 3.8) is 0 Å². The molecule has 19 heavy (non-hydrogen) atoms.